The van der Waals surface area contributed by atoms with E-state index >= 15 is 0 Å². The monoisotopic (exact) mass is 216 g/mol. The Kier molecular flexibility index (Phi) is 7.34. The first-order valence-corrected chi connectivity index (χ1v) is 5.51. The van der Waals surface area contributed by atoms with Crippen LogP contribution in [0.5, 0.6) is 0 Å². The Balaban J connectivity index is 3.93. The Morgan fingerprint density at radius 1 is 1.27 bits per heavy atom. The van der Waals surface area contributed by atoms with Crippen molar-refractivity contribution >= 4 is 5.91 Å². The molecule has 0 aromatic heterocycles. The molecule has 0 aromatic carbocycles. The second kappa shape index (κ2) is 7.65. The molecule has 0 radical (unpaired) electrons. The lowest BCUT2D eigenvalue weighted by Gasteiger charge is -2.30. The van der Waals surface area contributed by atoms with Crippen molar-refractivity contribution in [2.75, 3.05) is 26.8 Å². The van der Waals surface area contributed by atoms with Crippen LogP contribution in [0.25, 0.3) is 0 Å². The van der Waals surface area contributed by atoms with Crippen molar-refractivity contribution in [1.29, 1.82) is 0 Å². The van der Waals surface area contributed by atoms with Gasteiger partial charge in [0.1, 0.15) is 0 Å². The molecule has 0 heterocycles. The molecule has 0 saturated carbocycles. The summed E-state index contributed by atoms with van der Waals surface area (Å²) in [5, 5.41) is 3.06. The molecule has 0 aliphatic heterocycles. The lowest BCUT2D eigenvalue weighted by Crippen LogP contribution is -2.46. The standard InChI is InChI=1S/C11H24N2O2/c1-9(2)13(10(3)4)11(14)8-12-6-7-15-5/h9-10,12H,6-8H2,1-5H3. The smallest absolute Gasteiger partial charge is 0.236 e. The number of nitrogens with one attached hydrogen (secondary N) is 1. The van der Waals surface area contributed by atoms with Gasteiger partial charge < -0.3 is 15.0 Å². The molecule has 0 spiro atoms. The van der Waals surface area contributed by atoms with Gasteiger partial charge in [-0.25, -0.2) is 0 Å². The van der Waals surface area contributed by atoms with Crippen molar-refractivity contribution in [3.8, 4) is 0 Å². The molecule has 15 heavy (non-hydrogen) atoms. The molecule has 0 aliphatic rings. The van der Waals surface area contributed by atoms with Crippen molar-refractivity contribution < 1.29 is 9.53 Å². The van der Waals surface area contributed by atoms with Gasteiger partial charge in [-0.15, -0.1) is 0 Å². The minimum Gasteiger partial charge on any atom is -0.383 e. The van der Waals surface area contributed by atoms with Crippen LogP contribution in [0.4, 0.5) is 0 Å². The highest BCUT2D eigenvalue weighted by atomic mass is 16.5. The number of amides is 1. The fraction of sp³-hybridized carbons (Fsp3) is 0.909. The van der Waals surface area contributed by atoms with E-state index < -0.39 is 0 Å². The summed E-state index contributed by atoms with van der Waals surface area (Å²) in [7, 11) is 1.65. The molecular formula is C11H24N2O2. The Morgan fingerprint density at radius 2 is 1.80 bits per heavy atom. The predicted octanol–water partition coefficient (Wildman–Crippen LogP) is 0.868. The van der Waals surface area contributed by atoms with Gasteiger partial charge >= 0.3 is 0 Å². The van der Waals surface area contributed by atoms with Crippen molar-refractivity contribution in [2.45, 2.75) is 39.8 Å². The van der Waals surface area contributed by atoms with E-state index in [1.54, 1.807) is 7.11 Å². The maximum Gasteiger partial charge on any atom is 0.236 e. The highest BCUT2D eigenvalue weighted by Crippen LogP contribution is 2.04. The molecule has 4 heteroatoms. The molecule has 0 aromatic rings. The third-order valence-corrected chi connectivity index (χ3v) is 2.16. The third-order valence-electron chi connectivity index (χ3n) is 2.16. The van der Waals surface area contributed by atoms with Crippen molar-refractivity contribution in [3.63, 3.8) is 0 Å². The summed E-state index contributed by atoms with van der Waals surface area (Å²) in [6.07, 6.45) is 0. The van der Waals surface area contributed by atoms with Crippen molar-refractivity contribution in [2.24, 2.45) is 0 Å². The summed E-state index contributed by atoms with van der Waals surface area (Å²) < 4.78 is 4.89. The summed E-state index contributed by atoms with van der Waals surface area (Å²) in [4.78, 5) is 13.7. The number of carbonyl (C=O) groups excluding carboxylic acids is 1. The zero-order valence-electron chi connectivity index (χ0n) is 10.5. The Morgan fingerprint density at radius 3 is 2.20 bits per heavy atom. The predicted molar refractivity (Wildman–Crippen MR) is 61.9 cm³/mol. The van der Waals surface area contributed by atoms with Crippen LogP contribution in [0.1, 0.15) is 27.7 Å². The molecule has 4 nitrogen and oxygen atoms in total. The number of hydrogen-bond donors (Lipinski definition) is 1. The van der Waals surface area contributed by atoms with Gasteiger partial charge in [0.05, 0.1) is 13.2 Å². The van der Waals surface area contributed by atoms with Gasteiger partial charge in [-0.05, 0) is 27.7 Å². The van der Waals surface area contributed by atoms with Crippen LogP contribution >= 0.6 is 0 Å². The quantitative estimate of drug-likeness (QED) is 0.642. The van der Waals surface area contributed by atoms with Crippen LogP contribution in [-0.2, 0) is 9.53 Å². The van der Waals surface area contributed by atoms with Crippen LogP contribution in [-0.4, -0.2) is 49.7 Å². The van der Waals surface area contributed by atoms with Gasteiger partial charge in [-0.2, -0.15) is 0 Å². The van der Waals surface area contributed by atoms with Crippen LogP contribution in [0.3, 0.4) is 0 Å². The van der Waals surface area contributed by atoms with Crippen LogP contribution in [0, 0.1) is 0 Å². The number of ether oxygens (including phenoxy) is 1. The number of rotatable bonds is 7. The lowest BCUT2D eigenvalue weighted by molar-refractivity contribution is -0.133. The van der Waals surface area contributed by atoms with E-state index in [2.05, 4.69) is 5.32 Å². The van der Waals surface area contributed by atoms with Gasteiger partial charge in [-0.3, -0.25) is 4.79 Å². The minimum absolute atomic E-state index is 0.149. The van der Waals surface area contributed by atoms with E-state index in [4.69, 9.17) is 4.74 Å². The van der Waals surface area contributed by atoms with Gasteiger partial charge in [0.25, 0.3) is 0 Å². The first-order chi connectivity index (χ1) is 7.00. The normalized spacial score (nSPS) is 11.1. The highest BCUT2D eigenvalue weighted by molar-refractivity contribution is 5.78. The zero-order chi connectivity index (χ0) is 11.8. The third kappa shape index (κ3) is 5.74. The average molecular weight is 216 g/mol. The number of carbonyl (C=O) groups is 1. The van der Waals surface area contributed by atoms with E-state index in [1.807, 2.05) is 32.6 Å². The fourth-order valence-corrected chi connectivity index (χ4v) is 1.63. The highest BCUT2D eigenvalue weighted by Gasteiger charge is 2.18. The van der Waals surface area contributed by atoms with Crippen molar-refractivity contribution in [3.05, 3.63) is 0 Å². The molecule has 0 rings (SSSR count). The summed E-state index contributed by atoms with van der Waals surface area (Å²) in [5.74, 6) is 0.149. The van der Waals surface area contributed by atoms with E-state index in [0.717, 1.165) is 0 Å². The summed E-state index contributed by atoms with van der Waals surface area (Å²) >= 11 is 0. The maximum atomic E-state index is 11.8. The molecule has 1 N–H and O–H groups in total. The second-order valence-electron chi connectivity index (χ2n) is 4.16. The lowest BCUT2D eigenvalue weighted by atomic mass is 10.2. The molecule has 1 amide bonds. The van der Waals surface area contributed by atoms with Gasteiger partial charge in [-0.1, -0.05) is 0 Å². The van der Waals surface area contributed by atoms with E-state index in [-0.39, 0.29) is 18.0 Å². The Labute approximate surface area is 93.0 Å². The fourth-order valence-electron chi connectivity index (χ4n) is 1.63. The zero-order valence-corrected chi connectivity index (χ0v) is 10.5. The van der Waals surface area contributed by atoms with Gasteiger partial charge in [0.2, 0.25) is 5.91 Å². The molecule has 90 valence electrons. The largest absolute Gasteiger partial charge is 0.383 e. The van der Waals surface area contributed by atoms with Crippen LogP contribution in [0.2, 0.25) is 0 Å². The molecule has 0 atom stereocenters. The molecule has 0 saturated heterocycles. The van der Waals surface area contributed by atoms with E-state index in [1.165, 1.54) is 0 Å². The van der Waals surface area contributed by atoms with Crippen molar-refractivity contribution in [1.82, 2.24) is 10.2 Å². The average Bonchev–Trinajstić information content (AvgIpc) is 2.11. The second-order valence-corrected chi connectivity index (χ2v) is 4.16. The number of nitrogens with zero attached hydrogens (tertiary/aromatic N) is 1. The molecule has 0 aliphatic carbocycles. The first-order valence-electron chi connectivity index (χ1n) is 5.51. The van der Waals surface area contributed by atoms with E-state index in [9.17, 15) is 4.79 Å². The molecule has 0 unspecified atom stereocenters. The Hall–Kier alpha value is -0.610. The SMILES string of the molecule is COCCNCC(=O)N(C(C)C)C(C)C. The van der Waals surface area contributed by atoms with E-state index in [0.29, 0.717) is 19.7 Å². The maximum absolute atomic E-state index is 11.8. The minimum atomic E-state index is 0.149. The topological polar surface area (TPSA) is 41.6 Å². The van der Waals surface area contributed by atoms with Gasteiger partial charge in [0, 0.05) is 25.7 Å². The summed E-state index contributed by atoms with van der Waals surface area (Å²) in [5.41, 5.74) is 0. The Bertz CT molecular complexity index is 173. The van der Waals surface area contributed by atoms with Crippen LogP contribution < -0.4 is 5.32 Å². The van der Waals surface area contributed by atoms with Crippen LogP contribution in [0.15, 0.2) is 0 Å². The first kappa shape index (κ1) is 14.4. The summed E-state index contributed by atoms with van der Waals surface area (Å²) in [6.45, 7) is 9.88. The summed E-state index contributed by atoms with van der Waals surface area (Å²) in [6, 6.07) is 0.503. The molecular weight excluding hydrogens is 192 g/mol. The van der Waals surface area contributed by atoms with Gasteiger partial charge in [0.15, 0.2) is 0 Å². The molecule has 0 bridgehead atoms. The molecule has 0 fully saturated rings. The number of methoxy groups -OCH3 is 1. The number of hydrogen-bond acceptors (Lipinski definition) is 3.